The fourth-order valence-electron chi connectivity index (χ4n) is 2.66. The molecule has 0 aromatic heterocycles. The zero-order chi connectivity index (χ0) is 7.14. The summed E-state index contributed by atoms with van der Waals surface area (Å²) in [7, 11) is -1.05. The van der Waals surface area contributed by atoms with E-state index in [1.165, 1.54) is 19.3 Å². The zero-order valence-corrected chi connectivity index (χ0v) is 6.03. The first kappa shape index (κ1) is 6.68. The number of hydrogen-bond acceptors (Lipinski definition) is 2. The molecule has 2 N–H and O–H groups in total. The first-order valence-corrected chi connectivity index (χ1v) is 4.13. The van der Waals surface area contributed by atoms with Gasteiger partial charge in [-0.25, -0.2) is 0 Å². The second-order valence-corrected chi connectivity index (χ2v) is 3.75. The topological polar surface area (TPSA) is 40.5 Å². The minimum absolute atomic E-state index is 0.207. The summed E-state index contributed by atoms with van der Waals surface area (Å²) < 4.78 is 0. The van der Waals surface area contributed by atoms with Gasteiger partial charge in [0.15, 0.2) is 0 Å². The third kappa shape index (κ3) is 0.885. The molecule has 10 heavy (non-hydrogen) atoms. The van der Waals surface area contributed by atoms with E-state index in [0.717, 1.165) is 12.3 Å². The Balaban J connectivity index is 2.02. The first-order chi connectivity index (χ1) is 4.77. The molecule has 3 unspecified atom stereocenters. The van der Waals surface area contributed by atoms with Crippen LogP contribution in [0.4, 0.5) is 0 Å². The molecular weight excluding hydrogens is 127 g/mol. The Hall–Kier alpha value is -0.0151. The van der Waals surface area contributed by atoms with Gasteiger partial charge in [-0.1, -0.05) is 12.8 Å². The lowest BCUT2D eigenvalue weighted by Crippen LogP contribution is -2.24. The van der Waals surface area contributed by atoms with Crippen LogP contribution < -0.4 is 0 Å². The maximum atomic E-state index is 8.93. The van der Waals surface area contributed by atoms with E-state index in [9.17, 15) is 0 Å². The second-order valence-electron chi connectivity index (χ2n) is 3.75. The fourth-order valence-corrected chi connectivity index (χ4v) is 2.66. The van der Waals surface area contributed by atoms with E-state index in [1.54, 1.807) is 0 Å². The van der Waals surface area contributed by atoms with Crippen molar-refractivity contribution in [2.75, 3.05) is 0 Å². The van der Waals surface area contributed by atoms with Crippen molar-refractivity contribution in [1.82, 2.24) is 0 Å². The van der Waals surface area contributed by atoms with Gasteiger partial charge in [-0.2, -0.15) is 0 Å². The summed E-state index contributed by atoms with van der Waals surface area (Å²) in [6.45, 7) is 0. The molecule has 0 saturated heterocycles. The summed E-state index contributed by atoms with van der Waals surface area (Å²) in [6.07, 6.45) is 4.87. The van der Waals surface area contributed by atoms with Crippen LogP contribution in [0, 0.1) is 11.8 Å². The van der Waals surface area contributed by atoms with E-state index in [2.05, 4.69) is 0 Å². The highest BCUT2D eigenvalue weighted by Gasteiger charge is 2.44. The maximum absolute atomic E-state index is 8.93. The summed E-state index contributed by atoms with van der Waals surface area (Å²) >= 11 is 0. The van der Waals surface area contributed by atoms with Gasteiger partial charge < -0.3 is 10.0 Å². The SMILES string of the molecule is OB(O)C1CC2CCC1C2. The largest absolute Gasteiger partial charge is 0.455 e. The van der Waals surface area contributed by atoms with Crippen molar-refractivity contribution in [3.05, 3.63) is 0 Å². The second kappa shape index (κ2) is 2.24. The smallest absolute Gasteiger partial charge is 0.427 e. The number of fused-ring (bicyclic) bond motifs is 2. The molecule has 0 heterocycles. The third-order valence-electron chi connectivity index (χ3n) is 3.18. The Morgan fingerprint density at radius 2 is 1.90 bits per heavy atom. The number of rotatable bonds is 1. The van der Waals surface area contributed by atoms with Gasteiger partial charge in [0, 0.05) is 0 Å². The molecule has 3 heteroatoms. The lowest BCUT2D eigenvalue weighted by Gasteiger charge is -2.19. The molecule has 0 spiro atoms. The Morgan fingerprint density at radius 3 is 2.20 bits per heavy atom. The minimum Gasteiger partial charge on any atom is -0.427 e. The molecule has 56 valence electrons. The molecule has 2 aliphatic rings. The van der Waals surface area contributed by atoms with Crippen LogP contribution >= 0.6 is 0 Å². The van der Waals surface area contributed by atoms with Crippen LogP contribution in [0.5, 0.6) is 0 Å². The van der Waals surface area contributed by atoms with Gasteiger partial charge in [0.05, 0.1) is 0 Å². The molecule has 2 fully saturated rings. The predicted molar refractivity (Wildman–Crippen MR) is 39.4 cm³/mol. The highest BCUT2D eigenvalue weighted by molar-refractivity contribution is 6.43. The number of hydrogen-bond donors (Lipinski definition) is 2. The molecule has 0 aliphatic heterocycles. The van der Waals surface area contributed by atoms with Crippen molar-refractivity contribution in [1.29, 1.82) is 0 Å². The van der Waals surface area contributed by atoms with Gasteiger partial charge >= 0.3 is 7.12 Å². The summed E-state index contributed by atoms with van der Waals surface area (Å²) in [5, 5.41) is 17.9. The van der Waals surface area contributed by atoms with Crippen LogP contribution in [0.2, 0.25) is 5.82 Å². The average molecular weight is 140 g/mol. The van der Waals surface area contributed by atoms with Gasteiger partial charge in [0.25, 0.3) is 0 Å². The fraction of sp³-hybridized carbons (Fsp3) is 1.00. The van der Waals surface area contributed by atoms with E-state index in [0.29, 0.717) is 5.92 Å². The molecule has 2 aliphatic carbocycles. The Kier molecular flexibility index (Phi) is 1.50. The van der Waals surface area contributed by atoms with E-state index < -0.39 is 7.12 Å². The molecule has 0 amide bonds. The van der Waals surface area contributed by atoms with Gasteiger partial charge in [-0.15, -0.1) is 0 Å². The summed E-state index contributed by atoms with van der Waals surface area (Å²) in [4.78, 5) is 0. The summed E-state index contributed by atoms with van der Waals surface area (Å²) in [6, 6.07) is 0. The van der Waals surface area contributed by atoms with Gasteiger partial charge in [-0.05, 0) is 30.5 Å². The van der Waals surface area contributed by atoms with Gasteiger partial charge in [0.1, 0.15) is 0 Å². The van der Waals surface area contributed by atoms with Crippen LogP contribution in [-0.2, 0) is 0 Å². The molecule has 2 rings (SSSR count). The van der Waals surface area contributed by atoms with Gasteiger partial charge in [-0.3, -0.25) is 0 Å². The van der Waals surface area contributed by atoms with E-state index in [1.807, 2.05) is 0 Å². The molecule has 2 nitrogen and oxygen atoms in total. The molecule has 0 aromatic carbocycles. The summed E-state index contributed by atoms with van der Waals surface area (Å²) in [5.41, 5.74) is 0. The van der Waals surface area contributed by atoms with E-state index in [-0.39, 0.29) is 5.82 Å². The minimum atomic E-state index is -1.05. The van der Waals surface area contributed by atoms with E-state index >= 15 is 0 Å². The zero-order valence-electron chi connectivity index (χ0n) is 6.03. The molecule has 0 radical (unpaired) electrons. The van der Waals surface area contributed by atoms with Crippen molar-refractivity contribution >= 4 is 7.12 Å². The van der Waals surface area contributed by atoms with Crippen LogP contribution in [0.25, 0.3) is 0 Å². The van der Waals surface area contributed by atoms with Crippen molar-refractivity contribution in [3.8, 4) is 0 Å². The standard InChI is InChI=1S/C7H13BO2/c9-8(10)7-4-5-1-2-6(7)3-5/h5-7,9-10H,1-4H2. The monoisotopic (exact) mass is 140 g/mol. The normalized spacial score (nSPS) is 44.4. The Morgan fingerprint density at radius 1 is 1.10 bits per heavy atom. The van der Waals surface area contributed by atoms with Crippen molar-refractivity contribution < 1.29 is 10.0 Å². The maximum Gasteiger partial charge on any atom is 0.455 e. The quantitative estimate of drug-likeness (QED) is 0.525. The molecular formula is C7H13BO2. The Labute approximate surface area is 61.4 Å². The molecule has 0 aromatic rings. The molecule has 2 bridgehead atoms. The van der Waals surface area contributed by atoms with Crippen molar-refractivity contribution in [3.63, 3.8) is 0 Å². The summed E-state index contributed by atoms with van der Waals surface area (Å²) in [5.74, 6) is 1.65. The van der Waals surface area contributed by atoms with Crippen molar-refractivity contribution in [2.24, 2.45) is 11.8 Å². The van der Waals surface area contributed by atoms with E-state index in [4.69, 9.17) is 10.0 Å². The van der Waals surface area contributed by atoms with Crippen LogP contribution in [-0.4, -0.2) is 17.2 Å². The van der Waals surface area contributed by atoms with Crippen LogP contribution in [0.1, 0.15) is 25.7 Å². The van der Waals surface area contributed by atoms with Crippen molar-refractivity contribution in [2.45, 2.75) is 31.5 Å². The first-order valence-electron chi connectivity index (χ1n) is 4.13. The van der Waals surface area contributed by atoms with Gasteiger partial charge in [0.2, 0.25) is 0 Å². The lowest BCUT2D eigenvalue weighted by atomic mass is 9.64. The van der Waals surface area contributed by atoms with Crippen LogP contribution in [0.15, 0.2) is 0 Å². The molecule has 3 atom stereocenters. The average Bonchev–Trinajstić information content (AvgIpc) is 2.44. The highest BCUT2D eigenvalue weighted by Crippen LogP contribution is 2.51. The highest BCUT2D eigenvalue weighted by atomic mass is 16.4. The van der Waals surface area contributed by atoms with Crippen LogP contribution in [0.3, 0.4) is 0 Å². The Bertz CT molecular complexity index is 138. The predicted octanol–water partition coefficient (Wildman–Crippen LogP) is 0.649. The lowest BCUT2D eigenvalue weighted by molar-refractivity contribution is 0.342. The third-order valence-corrected chi connectivity index (χ3v) is 3.18. The molecule has 2 saturated carbocycles.